The third-order valence-electron chi connectivity index (χ3n) is 4.05. The van der Waals surface area contributed by atoms with E-state index in [1.165, 1.54) is 30.6 Å². The minimum Gasteiger partial charge on any atom is -0.382 e. The molecule has 22 heavy (non-hydrogen) atoms. The van der Waals surface area contributed by atoms with Crippen LogP contribution in [0.25, 0.3) is 0 Å². The van der Waals surface area contributed by atoms with E-state index in [-0.39, 0.29) is 0 Å². The van der Waals surface area contributed by atoms with E-state index < -0.39 is 24.0 Å². The molecule has 0 aromatic carbocycles. The van der Waals surface area contributed by atoms with Crippen LogP contribution in [0.5, 0.6) is 0 Å². The molecule has 1 unspecified atom stereocenters. The van der Waals surface area contributed by atoms with Gasteiger partial charge in [0, 0.05) is 6.04 Å². The molecule has 1 aliphatic rings. The fraction of sp³-hybridized carbons (Fsp3) is 0.600. The third-order valence-corrected chi connectivity index (χ3v) is 4.92. The zero-order valence-electron chi connectivity index (χ0n) is 12.5. The number of thiophene rings is 1. The van der Waals surface area contributed by atoms with Crippen LogP contribution in [0.15, 0.2) is 17.5 Å². The average Bonchev–Trinajstić information content (AvgIpc) is 3.07. The second-order valence-electron chi connectivity index (χ2n) is 5.77. The van der Waals surface area contributed by atoms with Crippen LogP contribution in [0.4, 0.5) is 0 Å². The summed E-state index contributed by atoms with van der Waals surface area (Å²) in [5.74, 6) is -0.600. The quantitative estimate of drug-likeness (QED) is 0.610. The first-order chi connectivity index (χ1) is 10.6. The second kappa shape index (κ2) is 8.26. The molecule has 1 aliphatic carbocycles. The number of amides is 2. The SMILES string of the molecule is N[C@H](CC1CCCCC1)C(O)C(=O)NNC(=O)c1cccs1. The number of nitrogens with one attached hydrogen (secondary N) is 2. The molecule has 7 heteroatoms. The van der Waals surface area contributed by atoms with E-state index in [4.69, 9.17) is 5.73 Å². The number of hydrogen-bond donors (Lipinski definition) is 4. The number of nitrogens with two attached hydrogens (primary N) is 1. The molecule has 1 aromatic rings. The van der Waals surface area contributed by atoms with Gasteiger partial charge < -0.3 is 10.8 Å². The molecule has 6 nitrogen and oxygen atoms in total. The maximum Gasteiger partial charge on any atom is 0.279 e. The molecule has 122 valence electrons. The van der Waals surface area contributed by atoms with E-state index in [0.29, 0.717) is 17.2 Å². The Morgan fingerprint density at radius 3 is 2.68 bits per heavy atom. The van der Waals surface area contributed by atoms with E-state index in [0.717, 1.165) is 12.8 Å². The van der Waals surface area contributed by atoms with Crippen molar-refractivity contribution in [1.29, 1.82) is 0 Å². The number of aliphatic hydroxyl groups is 1. The summed E-state index contributed by atoms with van der Waals surface area (Å²) in [4.78, 5) is 24.0. The molecule has 1 heterocycles. The topological polar surface area (TPSA) is 104 Å². The zero-order chi connectivity index (χ0) is 15.9. The number of rotatable bonds is 5. The lowest BCUT2D eigenvalue weighted by Gasteiger charge is -2.26. The highest BCUT2D eigenvalue weighted by Gasteiger charge is 2.26. The van der Waals surface area contributed by atoms with Crippen molar-refractivity contribution in [1.82, 2.24) is 10.9 Å². The molecule has 1 fully saturated rings. The predicted octanol–water partition coefficient (Wildman–Crippen LogP) is 1.17. The Morgan fingerprint density at radius 1 is 1.32 bits per heavy atom. The number of carbonyl (C=O) groups is 2. The number of aliphatic hydroxyl groups excluding tert-OH is 1. The van der Waals surface area contributed by atoms with Crippen molar-refractivity contribution in [3.8, 4) is 0 Å². The van der Waals surface area contributed by atoms with Crippen molar-refractivity contribution in [2.45, 2.75) is 50.7 Å². The van der Waals surface area contributed by atoms with Crippen molar-refractivity contribution < 1.29 is 14.7 Å². The third kappa shape index (κ3) is 4.79. The van der Waals surface area contributed by atoms with Crippen molar-refractivity contribution in [3.63, 3.8) is 0 Å². The van der Waals surface area contributed by atoms with Crippen molar-refractivity contribution in [3.05, 3.63) is 22.4 Å². The first-order valence-corrected chi connectivity index (χ1v) is 8.53. The standard InChI is InChI=1S/C15H23N3O3S/c16-11(9-10-5-2-1-3-6-10)13(19)15(21)18-17-14(20)12-7-4-8-22-12/h4,7-8,10-11,13,19H,1-3,5-6,9,16H2,(H,17,20)(H,18,21)/t11-,13?/m1/s1. The highest BCUT2D eigenvalue weighted by Crippen LogP contribution is 2.27. The molecule has 2 amide bonds. The summed E-state index contributed by atoms with van der Waals surface area (Å²) in [6, 6.07) is 2.79. The van der Waals surface area contributed by atoms with Gasteiger partial charge in [-0.1, -0.05) is 38.2 Å². The van der Waals surface area contributed by atoms with Crippen molar-refractivity contribution >= 4 is 23.2 Å². The van der Waals surface area contributed by atoms with Crippen LogP contribution in [0.3, 0.4) is 0 Å². The van der Waals surface area contributed by atoms with Gasteiger partial charge in [-0.05, 0) is 23.8 Å². The lowest BCUT2D eigenvalue weighted by molar-refractivity contribution is -0.131. The molecule has 0 radical (unpaired) electrons. The summed E-state index contributed by atoms with van der Waals surface area (Å²) >= 11 is 1.27. The lowest BCUT2D eigenvalue weighted by atomic mass is 9.84. The number of hydrazine groups is 1. The van der Waals surface area contributed by atoms with E-state index >= 15 is 0 Å². The molecule has 0 spiro atoms. The zero-order valence-corrected chi connectivity index (χ0v) is 13.3. The van der Waals surface area contributed by atoms with Gasteiger partial charge in [-0.25, -0.2) is 0 Å². The van der Waals surface area contributed by atoms with Gasteiger partial charge in [0.15, 0.2) is 0 Å². The second-order valence-corrected chi connectivity index (χ2v) is 6.72. The molecule has 0 bridgehead atoms. The fourth-order valence-corrected chi connectivity index (χ4v) is 3.41. The van der Waals surface area contributed by atoms with Crippen LogP contribution in [-0.4, -0.2) is 29.1 Å². The summed E-state index contributed by atoms with van der Waals surface area (Å²) in [6.45, 7) is 0. The molecule has 0 aliphatic heterocycles. The number of hydrogen-bond acceptors (Lipinski definition) is 5. The van der Waals surface area contributed by atoms with Crippen LogP contribution in [0, 0.1) is 5.92 Å². The van der Waals surface area contributed by atoms with Gasteiger partial charge in [-0.15, -0.1) is 11.3 Å². The minimum absolute atomic E-state index is 0.406. The largest absolute Gasteiger partial charge is 0.382 e. The van der Waals surface area contributed by atoms with E-state index in [9.17, 15) is 14.7 Å². The Morgan fingerprint density at radius 2 is 2.05 bits per heavy atom. The number of carbonyl (C=O) groups excluding carboxylic acids is 2. The maximum absolute atomic E-state index is 11.8. The molecular weight excluding hydrogens is 302 g/mol. The fourth-order valence-electron chi connectivity index (χ4n) is 2.79. The van der Waals surface area contributed by atoms with Gasteiger partial charge in [0.2, 0.25) is 0 Å². The smallest absolute Gasteiger partial charge is 0.279 e. The summed E-state index contributed by atoms with van der Waals surface area (Å²) in [5, 5.41) is 11.7. The van der Waals surface area contributed by atoms with E-state index in [1.54, 1.807) is 17.5 Å². The van der Waals surface area contributed by atoms with Gasteiger partial charge in [0.1, 0.15) is 6.10 Å². The summed E-state index contributed by atoms with van der Waals surface area (Å²) < 4.78 is 0. The summed E-state index contributed by atoms with van der Waals surface area (Å²) in [5.41, 5.74) is 10.4. The Hall–Kier alpha value is -1.44. The Balaban J connectivity index is 1.74. The molecule has 2 rings (SSSR count). The van der Waals surface area contributed by atoms with E-state index in [2.05, 4.69) is 10.9 Å². The van der Waals surface area contributed by atoms with Gasteiger partial charge in [-0.2, -0.15) is 0 Å². The van der Waals surface area contributed by atoms with Crippen LogP contribution in [-0.2, 0) is 4.79 Å². The molecule has 1 aromatic heterocycles. The molecular formula is C15H23N3O3S. The van der Waals surface area contributed by atoms with Crippen molar-refractivity contribution in [2.24, 2.45) is 11.7 Å². The van der Waals surface area contributed by atoms with Crippen LogP contribution in [0.2, 0.25) is 0 Å². The minimum atomic E-state index is -1.31. The normalized spacial score (nSPS) is 18.5. The molecule has 0 saturated heterocycles. The first-order valence-electron chi connectivity index (χ1n) is 7.65. The van der Waals surface area contributed by atoms with Gasteiger partial charge >= 0.3 is 0 Å². The van der Waals surface area contributed by atoms with Gasteiger partial charge in [-0.3, -0.25) is 20.4 Å². The van der Waals surface area contributed by atoms with Crippen LogP contribution < -0.4 is 16.6 Å². The Labute approximate surface area is 134 Å². The van der Waals surface area contributed by atoms with E-state index in [1.807, 2.05) is 0 Å². The summed E-state index contributed by atoms with van der Waals surface area (Å²) in [7, 11) is 0. The maximum atomic E-state index is 11.8. The molecule has 5 N–H and O–H groups in total. The Bertz CT molecular complexity index is 486. The van der Waals surface area contributed by atoms with Gasteiger partial charge in [0.25, 0.3) is 11.8 Å². The predicted molar refractivity (Wildman–Crippen MR) is 85.1 cm³/mol. The summed E-state index contributed by atoms with van der Waals surface area (Å²) in [6.07, 6.45) is 5.17. The Kier molecular flexibility index (Phi) is 6.35. The highest BCUT2D eigenvalue weighted by molar-refractivity contribution is 7.12. The van der Waals surface area contributed by atoms with Crippen LogP contribution in [0.1, 0.15) is 48.2 Å². The van der Waals surface area contributed by atoms with Crippen molar-refractivity contribution in [2.75, 3.05) is 0 Å². The molecule has 2 atom stereocenters. The lowest BCUT2D eigenvalue weighted by Crippen LogP contribution is -2.52. The van der Waals surface area contributed by atoms with Gasteiger partial charge in [0.05, 0.1) is 4.88 Å². The average molecular weight is 325 g/mol. The monoisotopic (exact) mass is 325 g/mol. The molecule has 1 saturated carbocycles. The van der Waals surface area contributed by atoms with Crippen LogP contribution >= 0.6 is 11.3 Å². The first kappa shape index (κ1) is 16.9. The highest BCUT2D eigenvalue weighted by atomic mass is 32.1.